The molecule has 1 unspecified atom stereocenters. The molecule has 0 aliphatic rings. The highest BCUT2D eigenvalue weighted by Crippen LogP contribution is 2.03. The molecule has 13 heavy (non-hydrogen) atoms. The maximum absolute atomic E-state index is 11.4. The molecule has 4 heteroatoms. The summed E-state index contributed by atoms with van der Waals surface area (Å²) < 4.78 is 0. The quantitative estimate of drug-likeness (QED) is 0.710. The monoisotopic (exact) mass is 181 g/mol. The van der Waals surface area contributed by atoms with Crippen molar-refractivity contribution in [1.29, 1.82) is 0 Å². The zero-order valence-corrected chi connectivity index (χ0v) is 7.95. The van der Waals surface area contributed by atoms with Crippen molar-refractivity contribution in [3.8, 4) is 0 Å². The maximum Gasteiger partial charge on any atom is 0.152 e. The van der Waals surface area contributed by atoms with Crippen molar-refractivity contribution in [3.63, 3.8) is 0 Å². The van der Waals surface area contributed by atoms with Crippen LogP contribution in [0, 0.1) is 5.92 Å². The number of hydrogen-bond acceptors (Lipinski definition) is 3. The third-order valence-corrected chi connectivity index (χ3v) is 1.93. The van der Waals surface area contributed by atoms with E-state index in [0.29, 0.717) is 6.42 Å². The van der Waals surface area contributed by atoms with Crippen LogP contribution in [0.5, 0.6) is 0 Å². The fraction of sp³-hybridized carbons (Fsp3) is 0.556. The summed E-state index contributed by atoms with van der Waals surface area (Å²) in [6.45, 7) is 3.71. The molecule has 0 bridgehead atoms. The molecule has 72 valence electrons. The second kappa shape index (κ2) is 4.18. The Morgan fingerprint density at radius 1 is 1.69 bits per heavy atom. The number of aromatic amines is 1. The van der Waals surface area contributed by atoms with E-state index in [2.05, 4.69) is 9.97 Å². The molecule has 0 radical (unpaired) electrons. The van der Waals surface area contributed by atoms with Crippen LogP contribution in [-0.4, -0.2) is 21.8 Å². The van der Waals surface area contributed by atoms with Crippen molar-refractivity contribution in [1.82, 2.24) is 9.97 Å². The number of carbonyl (C=O) groups is 1. The fourth-order valence-electron chi connectivity index (χ4n) is 1.16. The summed E-state index contributed by atoms with van der Waals surface area (Å²) in [5, 5.41) is 0. The summed E-state index contributed by atoms with van der Waals surface area (Å²) in [5.74, 6) is 0.0903. The predicted octanol–water partition coefficient (Wildman–Crippen LogP) is 0.505. The van der Waals surface area contributed by atoms with Gasteiger partial charge in [-0.15, -0.1) is 0 Å². The van der Waals surface area contributed by atoms with E-state index < -0.39 is 6.04 Å². The highest BCUT2D eigenvalue weighted by Gasteiger charge is 2.17. The van der Waals surface area contributed by atoms with E-state index in [-0.39, 0.29) is 11.7 Å². The first-order chi connectivity index (χ1) is 6.11. The van der Waals surface area contributed by atoms with Crippen LogP contribution < -0.4 is 5.73 Å². The van der Waals surface area contributed by atoms with Crippen LogP contribution in [0.2, 0.25) is 0 Å². The number of imidazole rings is 1. The summed E-state index contributed by atoms with van der Waals surface area (Å²) in [6.07, 6.45) is 3.81. The molecule has 0 saturated carbocycles. The summed E-state index contributed by atoms with van der Waals surface area (Å²) in [6, 6.07) is -0.416. The summed E-state index contributed by atoms with van der Waals surface area (Å²) in [7, 11) is 0. The third kappa shape index (κ3) is 2.66. The number of ketones is 1. The standard InChI is InChI=1S/C9H15N3O/c1-6(2)9(13)8(10)3-7-4-11-5-12-7/h4-6,8H,3,10H2,1-2H3,(H,11,12). The molecule has 3 N–H and O–H groups in total. The van der Waals surface area contributed by atoms with E-state index in [4.69, 9.17) is 5.73 Å². The van der Waals surface area contributed by atoms with Crippen LogP contribution >= 0.6 is 0 Å². The number of nitrogens with zero attached hydrogens (tertiary/aromatic N) is 1. The topological polar surface area (TPSA) is 71.8 Å². The minimum Gasteiger partial charge on any atom is -0.348 e. The Balaban J connectivity index is 2.51. The lowest BCUT2D eigenvalue weighted by molar-refractivity contribution is -0.123. The van der Waals surface area contributed by atoms with E-state index in [1.165, 1.54) is 0 Å². The number of hydrogen-bond donors (Lipinski definition) is 2. The van der Waals surface area contributed by atoms with E-state index in [1.807, 2.05) is 13.8 Å². The Bertz CT molecular complexity index is 266. The molecule has 1 aromatic rings. The highest BCUT2D eigenvalue weighted by atomic mass is 16.1. The van der Waals surface area contributed by atoms with Crippen molar-refractivity contribution in [2.45, 2.75) is 26.3 Å². The maximum atomic E-state index is 11.4. The zero-order chi connectivity index (χ0) is 9.84. The lowest BCUT2D eigenvalue weighted by Crippen LogP contribution is -2.35. The number of nitrogens with two attached hydrogens (primary N) is 1. The van der Waals surface area contributed by atoms with Gasteiger partial charge >= 0.3 is 0 Å². The molecule has 1 heterocycles. The van der Waals surface area contributed by atoms with Crippen LogP contribution in [0.4, 0.5) is 0 Å². The van der Waals surface area contributed by atoms with Gasteiger partial charge in [0.05, 0.1) is 12.4 Å². The molecule has 0 spiro atoms. The molecule has 1 rings (SSSR count). The van der Waals surface area contributed by atoms with E-state index in [9.17, 15) is 4.79 Å². The molecule has 0 aliphatic carbocycles. The van der Waals surface area contributed by atoms with Crippen LogP contribution in [0.1, 0.15) is 19.5 Å². The number of carbonyl (C=O) groups excluding carboxylic acids is 1. The number of nitrogens with one attached hydrogen (secondary N) is 1. The van der Waals surface area contributed by atoms with Crippen molar-refractivity contribution < 1.29 is 4.79 Å². The van der Waals surface area contributed by atoms with Crippen molar-refractivity contribution in [2.75, 3.05) is 0 Å². The second-order valence-corrected chi connectivity index (χ2v) is 3.44. The van der Waals surface area contributed by atoms with Crippen LogP contribution in [0.15, 0.2) is 12.5 Å². The van der Waals surface area contributed by atoms with Crippen molar-refractivity contribution in [2.24, 2.45) is 11.7 Å². The van der Waals surface area contributed by atoms with Gasteiger partial charge in [0.2, 0.25) is 0 Å². The molecular weight excluding hydrogens is 166 g/mol. The van der Waals surface area contributed by atoms with Gasteiger partial charge in [0.15, 0.2) is 5.78 Å². The van der Waals surface area contributed by atoms with E-state index >= 15 is 0 Å². The Hall–Kier alpha value is -1.16. The Kier molecular flexibility index (Phi) is 3.19. The molecule has 0 saturated heterocycles. The molecule has 1 atom stereocenters. The Morgan fingerprint density at radius 3 is 2.85 bits per heavy atom. The fourth-order valence-corrected chi connectivity index (χ4v) is 1.16. The van der Waals surface area contributed by atoms with Gasteiger partial charge < -0.3 is 10.7 Å². The van der Waals surface area contributed by atoms with Gasteiger partial charge in [-0.05, 0) is 0 Å². The van der Waals surface area contributed by atoms with E-state index in [1.54, 1.807) is 12.5 Å². The summed E-state index contributed by atoms with van der Waals surface area (Å²) in [5.41, 5.74) is 6.62. The van der Waals surface area contributed by atoms with Gasteiger partial charge in [0.1, 0.15) is 0 Å². The van der Waals surface area contributed by atoms with Crippen LogP contribution in [0.25, 0.3) is 0 Å². The molecule has 0 fully saturated rings. The van der Waals surface area contributed by atoms with Gasteiger partial charge in [-0.2, -0.15) is 0 Å². The van der Waals surface area contributed by atoms with Gasteiger partial charge in [-0.3, -0.25) is 4.79 Å². The predicted molar refractivity (Wildman–Crippen MR) is 50.1 cm³/mol. The average molecular weight is 181 g/mol. The Morgan fingerprint density at radius 2 is 2.38 bits per heavy atom. The normalized spacial score (nSPS) is 13.2. The number of Topliss-reactive ketones (excluding diaryl/α,β-unsaturated/α-hetero) is 1. The first-order valence-electron chi connectivity index (χ1n) is 4.38. The minimum atomic E-state index is -0.416. The van der Waals surface area contributed by atoms with Gasteiger partial charge in [0, 0.05) is 24.2 Å². The molecule has 4 nitrogen and oxygen atoms in total. The van der Waals surface area contributed by atoms with Crippen molar-refractivity contribution in [3.05, 3.63) is 18.2 Å². The van der Waals surface area contributed by atoms with Crippen LogP contribution in [0.3, 0.4) is 0 Å². The first kappa shape index (κ1) is 9.92. The SMILES string of the molecule is CC(C)C(=O)C(N)Cc1cnc[nH]1. The van der Waals surface area contributed by atoms with E-state index in [0.717, 1.165) is 5.69 Å². The van der Waals surface area contributed by atoms with Gasteiger partial charge in [-0.1, -0.05) is 13.8 Å². The first-order valence-corrected chi connectivity index (χ1v) is 4.38. The van der Waals surface area contributed by atoms with Crippen molar-refractivity contribution >= 4 is 5.78 Å². The summed E-state index contributed by atoms with van der Waals surface area (Å²) in [4.78, 5) is 18.2. The lowest BCUT2D eigenvalue weighted by atomic mass is 9.99. The zero-order valence-electron chi connectivity index (χ0n) is 7.95. The summed E-state index contributed by atoms with van der Waals surface area (Å²) >= 11 is 0. The molecule has 0 amide bonds. The van der Waals surface area contributed by atoms with Crippen LogP contribution in [-0.2, 0) is 11.2 Å². The second-order valence-electron chi connectivity index (χ2n) is 3.44. The van der Waals surface area contributed by atoms with Gasteiger partial charge in [-0.25, -0.2) is 4.98 Å². The average Bonchev–Trinajstić information content (AvgIpc) is 2.55. The largest absolute Gasteiger partial charge is 0.348 e. The number of aromatic nitrogens is 2. The number of H-pyrrole nitrogens is 1. The molecule has 1 aromatic heterocycles. The molecular formula is C9H15N3O. The van der Waals surface area contributed by atoms with Gasteiger partial charge in [0.25, 0.3) is 0 Å². The third-order valence-electron chi connectivity index (χ3n) is 1.93. The highest BCUT2D eigenvalue weighted by molar-refractivity contribution is 5.85. The molecule has 0 aliphatic heterocycles. The lowest BCUT2D eigenvalue weighted by Gasteiger charge is -2.11. The smallest absolute Gasteiger partial charge is 0.152 e. The minimum absolute atomic E-state index is 0.00192. The number of rotatable bonds is 4. The molecule has 0 aromatic carbocycles. The Labute approximate surface area is 77.6 Å².